The molecule has 0 spiro atoms. The SMILES string of the molecule is CC1CS(=O)(=O)C(C)CNC1=O. The smallest absolute Gasteiger partial charge is 0.223 e. The van der Waals surface area contributed by atoms with E-state index in [1.807, 2.05) is 0 Å². The third-order valence-corrected chi connectivity index (χ3v) is 4.46. The molecule has 1 heterocycles. The highest BCUT2D eigenvalue weighted by atomic mass is 32.2. The average molecular weight is 191 g/mol. The van der Waals surface area contributed by atoms with Crippen LogP contribution in [0, 0.1) is 5.92 Å². The lowest BCUT2D eigenvalue weighted by atomic mass is 10.2. The zero-order valence-electron chi connectivity index (χ0n) is 7.20. The Balaban J connectivity index is 2.90. The molecule has 2 atom stereocenters. The van der Waals surface area contributed by atoms with E-state index in [-0.39, 0.29) is 18.2 Å². The van der Waals surface area contributed by atoms with Crippen LogP contribution in [0.25, 0.3) is 0 Å². The van der Waals surface area contributed by atoms with Gasteiger partial charge in [-0.25, -0.2) is 8.42 Å². The van der Waals surface area contributed by atoms with Crippen molar-refractivity contribution in [3.63, 3.8) is 0 Å². The minimum absolute atomic E-state index is 0.0278. The Morgan fingerprint density at radius 3 is 2.58 bits per heavy atom. The van der Waals surface area contributed by atoms with Crippen LogP contribution in [0.1, 0.15) is 13.8 Å². The van der Waals surface area contributed by atoms with Crippen molar-refractivity contribution in [2.75, 3.05) is 12.3 Å². The Bertz CT molecular complexity index is 283. The van der Waals surface area contributed by atoms with E-state index < -0.39 is 21.0 Å². The van der Waals surface area contributed by atoms with E-state index in [0.29, 0.717) is 0 Å². The third kappa shape index (κ3) is 1.77. The molecule has 1 fully saturated rings. The monoisotopic (exact) mass is 191 g/mol. The van der Waals surface area contributed by atoms with E-state index in [4.69, 9.17) is 0 Å². The van der Waals surface area contributed by atoms with Crippen LogP contribution in [-0.2, 0) is 14.6 Å². The number of carbonyl (C=O) groups is 1. The zero-order chi connectivity index (χ0) is 9.35. The molecule has 0 bridgehead atoms. The number of nitrogens with one attached hydrogen (secondary N) is 1. The largest absolute Gasteiger partial charge is 0.355 e. The first-order valence-corrected chi connectivity index (χ1v) is 5.64. The molecule has 12 heavy (non-hydrogen) atoms. The Hall–Kier alpha value is -0.580. The van der Waals surface area contributed by atoms with Crippen molar-refractivity contribution < 1.29 is 13.2 Å². The molecule has 5 heteroatoms. The third-order valence-electron chi connectivity index (χ3n) is 2.11. The summed E-state index contributed by atoms with van der Waals surface area (Å²) in [7, 11) is -3.06. The number of hydrogen-bond donors (Lipinski definition) is 1. The zero-order valence-corrected chi connectivity index (χ0v) is 8.02. The normalized spacial score (nSPS) is 35.3. The summed E-state index contributed by atoms with van der Waals surface area (Å²) in [4.78, 5) is 11.1. The summed E-state index contributed by atoms with van der Waals surface area (Å²) in [5, 5.41) is 2.13. The second kappa shape index (κ2) is 3.05. The van der Waals surface area contributed by atoms with Crippen molar-refractivity contribution in [2.45, 2.75) is 19.1 Å². The maximum Gasteiger partial charge on any atom is 0.223 e. The molecule has 1 N–H and O–H groups in total. The molecular formula is C7H13NO3S. The molecule has 1 aliphatic rings. The van der Waals surface area contributed by atoms with Gasteiger partial charge in [0.1, 0.15) is 0 Å². The maximum absolute atomic E-state index is 11.4. The number of amides is 1. The summed E-state index contributed by atoms with van der Waals surface area (Å²) in [6.45, 7) is 3.49. The van der Waals surface area contributed by atoms with Gasteiger partial charge >= 0.3 is 0 Å². The summed E-state index contributed by atoms with van der Waals surface area (Å²) >= 11 is 0. The maximum atomic E-state index is 11.4. The lowest BCUT2D eigenvalue weighted by Crippen LogP contribution is -2.31. The van der Waals surface area contributed by atoms with E-state index in [0.717, 1.165) is 0 Å². The fourth-order valence-electron chi connectivity index (χ4n) is 1.13. The summed E-state index contributed by atoms with van der Waals surface area (Å²) in [5.41, 5.74) is 0. The topological polar surface area (TPSA) is 63.2 Å². The van der Waals surface area contributed by atoms with Crippen LogP contribution in [0.2, 0.25) is 0 Å². The predicted octanol–water partition coefficient (Wildman–Crippen LogP) is -0.444. The first kappa shape index (κ1) is 9.51. The Morgan fingerprint density at radius 2 is 2.00 bits per heavy atom. The number of carbonyl (C=O) groups excluding carboxylic acids is 1. The van der Waals surface area contributed by atoms with Crippen molar-refractivity contribution in [3.05, 3.63) is 0 Å². The van der Waals surface area contributed by atoms with Gasteiger partial charge in [0.05, 0.1) is 11.0 Å². The van der Waals surface area contributed by atoms with E-state index in [1.165, 1.54) is 0 Å². The highest BCUT2D eigenvalue weighted by molar-refractivity contribution is 7.92. The first-order valence-electron chi connectivity index (χ1n) is 3.93. The second-order valence-electron chi connectivity index (χ2n) is 3.29. The molecular weight excluding hydrogens is 178 g/mol. The number of rotatable bonds is 0. The van der Waals surface area contributed by atoms with Crippen molar-refractivity contribution in [1.82, 2.24) is 5.32 Å². The Labute approximate surface area is 72.3 Å². The second-order valence-corrected chi connectivity index (χ2v) is 5.75. The molecule has 0 aliphatic carbocycles. The van der Waals surface area contributed by atoms with Crippen LogP contribution in [0.3, 0.4) is 0 Å². The minimum atomic E-state index is -3.06. The lowest BCUT2D eigenvalue weighted by molar-refractivity contribution is -0.123. The van der Waals surface area contributed by atoms with Crippen LogP contribution in [0.15, 0.2) is 0 Å². The van der Waals surface area contributed by atoms with E-state index >= 15 is 0 Å². The summed E-state index contributed by atoms with van der Waals surface area (Å²) in [6, 6.07) is 0. The minimum Gasteiger partial charge on any atom is -0.355 e. The van der Waals surface area contributed by atoms with Crippen LogP contribution in [0.4, 0.5) is 0 Å². The molecule has 0 aromatic carbocycles. The summed E-state index contributed by atoms with van der Waals surface area (Å²) in [6.07, 6.45) is 0. The lowest BCUT2D eigenvalue weighted by Gasteiger charge is -2.06. The Morgan fingerprint density at radius 1 is 1.42 bits per heavy atom. The van der Waals surface area contributed by atoms with E-state index in [9.17, 15) is 13.2 Å². The van der Waals surface area contributed by atoms with Crippen LogP contribution >= 0.6 is 0 Å². The molecule has 0 aromatic heterocycles. The van der Waals surface area contributed by atoms with Crippen LogP contribution in [-0.4, -0.2) is 31.9 Å². The molecule has 0 radical (unpaired) electrons. The summed E-state index contributed by atoms with van der Waals surface area (Å²) < 4.78 is 22.7. The van der Waals surface area contributed by atoms with Gasteiger partial charge in [-0.2, -0.15) is 0 Å². The number of sulfone groups is 1. The van der Waals surface area contributed by atoms with Gasteiger partial charge in [-0.3, -0.25) is 4.79 Å². The van der Waals surface area contributed by atoms with Gasteiger partial charge in [0, 0.05) is 12.5 Å². The highest BCUT2D eigenvalue weighted by Crippen LogP contribution is 2.11. The molecule has 4 nitrogen and oxygen atoms in total. The quantitative estimate of drug-likeness (QED) is 0.564. The van der Waals surface area contributed by atoms with Gasteiger partial charge < -0.3 is 5.32 Å². The molecule has 2 unspecified atom stereocenters. The molecule has 1 aliphatic heterocycles. The molecule has 1 saturated heterocycles. The fraction of sp³-hybridized carbons (Fsp3) is 0.857. The predicted molar refractivity (Wildman–Crippen MR) is 45.4 cm³/mol. The molecule has 1 rings (SSSR count). The first-order chi connectivity index (χ1) is 5.43. The van der Waals surface area contributed by atoms with E-state index in [1.54, 1.807) is 13.8 Å². The van der Waals surface area contributed by atoms with Crippen molar-refractivity contribution >= 4 is 15.7 Å². The van der Waals surface area contributed by atoms with Gasteiger partial charge in [-0.15, -0.1) is 0 Å². The van der Waals surface area contributed by atoms with Gasteiger partial charge in [0.15, 0.2) is 9.84 Å². The van der Waals surface area contributed by atoms with Crippen molar-refractivity contribution in [3.8, 4) is 0 Å². The van der Waals surface area contributed by atoms with Crippen molar-refractivity contribution in [1.29, 1.82) is 0 Å². The van der Waals surface area contributed by atoms with Gasteiger partial charge in [0.25, 0.3) is 0 Å². The Kier molecular flexibility index (Phi) is 2.41. The van der Waals surface area contributed by atoms with Gasteiger partial charge in [-0.05, 0) is 6.92 Å². The fourth-order valence-corrected chi connectivity index (χ4v) is 2.65. The standard InChI is InChI=1S/C7H13NO3S/c1-5-4-12(10,11)6(2)3-8-7(5)9/h5-6H,3-4H2,1-2H3,(H,8,9). The van der Waals surface area contributed by atoms with Crippen LogP contribution < -0.4 is 5.32 Å². The summed E-state index contributed by atoms with van der Waals surface area (Å²) in [5.74, 6) is -0.608. The number of hydrogen-bond acceptors (Lipinski definition) is 3. The molecule has 1 amide bonds. The van der Waals surface area contributed by atoms with E-state index in [2.05, 4.69) is 5.32 Å². The van der Waals surface area contributed by atoms with Crippen molar-refractivity contribution in [2.24, 2.45) is 5.92 Å². The molecule has 0 aromatic rings. The van der Waals surface area contributed by atoms with Gasteiger partial charge in [-0.1, -0.05) is 6.92 Å². The molecule has 70 valence electrons. The van der Waals surface area contributed by atoms with Crippen LogP contribution in [0.5, 0.6) is 0 Å². The van der Waals surface area contributed by atoms with Gasteiger partial charge in [0.2, 0.25) is 5.91 Å². The average Bonchev–Trinajstić information content (AvgIpc) is 2.03. The highest BCUT2D eigenvalue weighted by Gasteiger charge is 2.30. The molecule has 0 saturated carbocycles.